The van der Waals surface area contributed by atoms with Crippen molar-refractivity contribution >= 4 is 35.9 Å². The fourth-order valence-corrected chi connectivity index (χ4v) is 3.35. The fraction of sp³-hybridized carbons (Fsp3) is 0.200. The lowest BCUT2D eigenvalue weighted by atomic mass is 10.1. The Morgan fingerprint density at radius 2 is 1.53 bits per heavy atom. The molecule has 0 saturated heterocycles. The molecule has 1 aliphatic heterocycles. The topological polar surface area (TPSA) is 66.0 Å². The first-order chi connectivity index (χ1) is 16.6. The first-order valence-electron chi connectivity index (χ1n) is 10.6. The van der Waals surface area contributed by atoms with Crippen LogP contribution in [0.25, 0.3) is 0 Å². The first kappa shape index (κ1) is 27.4. The number of nitrogens with one attached hydrogen (secondary N) is 1. The first-order valence-corrected chi connectivity index (χ1v) is 12.5. The Morgan fingerprint density at radius 3 is 2.03 bits per heavy atom. The second kappa shape index (κ2) is 16.7. The van der Waals surface area contributed by atoms with Crippen LogP contribution in [0.5, 0.6) is 0 Å². The number of halogens is 2. The molecule has 3 aromatic rings. The van der Waals surface area contributed by atoms with E-state index in [0.29, 0.717) is 6.54 Å². The molecule has 1 aliphatic rings. The summed E-state index contributed by atoms with van der Waals surface area (Å²) in [7, 11) is 1.94. The number of nitrogens with zero attached hydrogens (tertiary/aromatic N) is 3. The maximum atomic E-state index is 12.6. The largest absolute Gasteiger partial charge is 0.317 e. The number of aliphatic imine (C=N–C) groups is 1. The molecule has 0 bridgehead atoms. The van der Waals surface area contributed by atoms with Gasteiger partial charge in [-0.1, -0.05) is 60.5 Å². The molecule has 34 heavy (non-hydrogen) atoms. The zero-order chi connectivity index (χ0) is 24.4. The monoisotopic (exact) mass is 501 g/mol. The minimum atomic E-state index is -0.229. The Balaban J connectivity index is 0.000000195. The van der Waals surface area contributed by atoms with Gasteiger partial charge in [0, 0.05) is 30.7 Å². The molecule has 5 nitrogen and oxygen atoms in total. The highest BCUT2D eigenvalue weighted by Crippen LogP contribution is 2.14. The molecular formula is C25H29F2N5S2. The van der Waals surface area contributed by atoms with Gasteiger partial charge in [0.25, 0.3) is 0 Å². The van der Waals surface area contributed by atoms with E-state index < -0.39 is 0 Å². The molecule has 0 spiro atoms. The van der Waals surface area contributed by atoms with Gasteiger partial charge in [-0.2, -0.15) is 5.10 Å². The molecule has 0 fully saturated rings. The fourth-order valence-electron chi connectivity index (χ4n) is 2.61. The van der Waals surface area contributed by atoms with Crippen LogP contribution in [0.4, 0.5) is 8.78 Å². The van der Waals surface area contributed by atoms with Crippen LogP contribution >= 0.6 is 23.9 Å². The molecule has 0 amide bonds. The molecule has 0 aromatic heterocycles. The summed E-state index contributed by atoms with van der Waals surface area (Å²) < 4.78 is 28.1. The van der Waals surface area contributed by atoms with E-state index in [4.69, 9.17) is 5.14 Å². The van der Waals surface area contributed by atoms with Crippen molar-refractivity contribution in [1.29, 1.82) is 0 Å². The molecular weight excluding hydrogens is 472 g/mol. The summed E-state index contributed by atoms with van der Waals surface area (Å²) in [6, 6.07) is 24.7. The third-order valence-corrected chi connectivity index (χ3v) is 5.43. The third kappa shape index (κ3) is 11.8. The smallest absolute Gasteiger partial charge is 0.123 e. The Kier molecular flexibility index (Phi) is 13.4. The van der Waals surface area contributed by atoms with Crippen molar-refractivity contribution in [3.63, 3.8) is 0 Å². The average Bonchev–Trinajstić information content (AvgIpc) is 3.31. The highest BCUT2D eigenvalue weighted by molar-refractivity contribution is 7.98. The zero-order valence-corrected chi connectivity index (χ0v) is 20.6. The second-order valence-electron chi connectivity index (χ2n) is 6.92. The highest BCUT2D eigenvalue weighted by atomic mass is 32.2. The highest BCUT2D eigenvalue weighted by Gasteiger charge is 2.12. The predicted octanol–water partition coefficient (Wildman–Crippen LogP) is 5.61. The predicted molar refractivity (Wildman–Crippen MR) is 142 cm³/mol. The van der Waals surface area contributed by atoms with Crippen molar-refractivity contribution < 1.29 is 8.78 Å². The van der Waals surface area contributed by atoms with E-state index in [0.717, 1.165) is 34.9 Å². The van der Waals surface area contributed by atoms with E-state index in [1.165, 1.54) is 48.2 Å². The minimum absolute atomic E-state index is 0.198. The van der Waals surface area contributed by atoms with Crippen LogP contribution < -0.4 is 9.86 Å². The van der Waals surface area contributed by atoms with Gasteiger partial charge in [0.05, 0.1) is 18.6 Å². The van der Waals surface area contributed by atoms with Crippen LogP contribution in [0, 0.1) is 11.6 Å². The normalized spacial score (nSPS) is 12.4. The Labute approximate surface area is 208 Å². The SMILES string of the molecule is CN1CCC(c2ccc(F)cc2)=N1.NSCCN=CNSc1ccc(F)cc1.c1ccccc1. The van der Waals surface area contributed by atoms with Gasteiger partial charge in [0.15, 0.2) is 0 Å². The molecule has 180 valence electrons. The van der Waals surface area contributed by atoms with Crippen LogP contribution in [0.15, 0.2) is 99.9 Å². The molecule has 0 unspecified atom stereocenters. The molecule has 0 atom stereocenters. The zero-order valence-electron chi connectivity index (χ0n) is 19.0. The van der Waals surface area contributed by atoms with E-state index in [9.17, 15) is 8.78 Å². The lowest BCUT2D eigenvalue weighted by Crippen LogP contribution is -2.04. The van der Waals surface area contributed by atoms with Crippen LogP contribution in [-0.2, 0) is 0 Å². The van der Waals surface area contributed by atoms with Crippen LogP contribution in [0.1, 0.15) is 12.0 Å². The van der Waals surface area contributed by atoms with Gasteiger partial charge >= 0.3 is 0 Å². The molecule has 1 heterocycles. The van der Waals surface area contributed by atoms with Crippen molar-refractivity contribution in [1.82, 2.24) is 9.73 Å². The number of benzene rings is 3. The van der Waals surface area contributed by atoms with Gasteiger partial charge < -0.3 is 4.72 Å². The van der Waals surface area contributed by atoms with Crippen molar-refractivity contribution in [2.75, 3.05) is 25.9 Å². The van der Waals surface area contributed by atoms with Crippen molar-refractivity contribution in [3.8, 4) is 0 Å². The molecule has 0 radical (unpaired) electrons. The molecule has 0 saturated carbocycles. The third-order valence-electron chi connectivity index (χ3n) is 4.28. The second-order valence-corrected chi connectivity index (χ2v) is 8.57. The summed E-state index contributed by atoms with van der Waals surface area (Å²) >= 11 is 2.65. The molecule has 4 rings (SSSR count). The van der Waals surface area contributed by atoms with Gasteiger partial charge in [0.2, 0.25) is 0 Å². The lowest BCUT2D eigenvalue weighted by molar-refractivity contribution is 0.393. The number of hydrogen-bond acceptors (Lipinski definition) is 6. The number of hydrazone groups is 1. The van der Waals surface area contributed by atoms with Gasteiger partial charge in [-0.05, 0) is 53.9 Å². The minimum Gasteiger partial charge on any atom is -0.317 e. The lowest BCUT2D eigenvalue weighted by Gasteiger charge is -2.01. The van der Waals surface area contributed by atoms with E-state index in [1.807, 2.05) is 48.5 Å². The van der Waals surface area contributed by atoms with E-state index >= 15 is 0 Å². The van der Waals surface area contributed by atoms with Crippen molar-refractivity contribution in [2.24, 2.45) is 15.2 Å². The van der Waals surface area contributed by atoms with E-state index in [1.54, 1.807) is 30.6 Å². The average molecular weight is 502 g/mol. The Bertz CT molecular complexity index is 958. The molecule has 3 N–H and O–H groups in total. The van der Waals surface area contributed by atoms with Crippen LogP contribution in [0.3, 0.4) is 0 Å². The van der Waals surface area contributed by atoms with Gasteiger partial charge in [-0.25, -0.2) is 8.78 Å². The summed E-state index contributed by atoms with van der Waals surface area (Å²) in [5, 5.41) is 11.4. The molecule has 9 heteroatoms. The van der Waals surface area contributed by atoms with Crippen LogP contribution in [0.2, 0.25) is 0 Å². The van der Waals surface area contributed by atoms with Crippen molar-refractivity contribution in [3.05, 3.63) is 102 Å². The maximum Gasteiger partial charge on any atom is 0.123 e. The van der Waals surface area contributed by atoms with Gasteiger partial charge in [-0.3, -0.25) is 15.1 Å². The van der Waals surface area contributed by atoms with E-state index in [2.05, 4.69) is 14.8 Å². The number of hydrogen-bond donors (Lipinski definition) is 2. The summed E-state index contributed by atoms with van der Waals surface area (Å²) in [5.41, 5.74) is 2.06. The summed E-state index contributed by atoms with van der Waals surface area (Å²) in [6.45, 7) is 1.64. The summed E-state index contributed by atoms with van der Waals surface area (Å²) in [4.78, 5) is 5.00. The van der Waals surface area contributed by atoms with Crippen LogP contribution in [-0.4, -0.2) is 42.9 Å². The Morgan fingerprint density at radius 1 is 0.971 bits per heavy atom. The molecule has 0 aliphatic carbocycles. The summed E-state index contributed by atoms with van der Waals surface area (Å²) in [5.74, 6) is 0.378. The number of nitrogens with two attached hydrogens (primary N) is 1. The quantitative estimate of drug-likeness (QED) is 0.191. The number of rotatable bonds is 7. The summed E-state index contributed by atoms with van der Waals surface area (Å²) in [6.07, 6.45) is 2.56. The Hall–Kier alpha value is -2.88. The standard InChI is InChI=1S/C10H11FN2.C9H12FN3S2.C6H6/c1-13-7-6-10(12-13)8-2-4-9(11)5-3-8;10-8-1-3-9(4-2-8)15-13-7-12-5-6-14-11;1-2-4-6-5-3-1/h2-5H,6-7H2,1H3;1-4,7H,5-6,11H2,(H,12,13);1-6H. The van der Waals surface area contributed by atoms with Crippen molar-refractivity contribution in [2.45, 2.75) is 11.3 Å². The molecule has 3 aromatic carbocycles. The van der Waals surface area contributed by atoms with Gasteiger partial charge in [-0.15, -0.1) is 0 Å². The van der Waals surface area contributed by atoms with Gasteiger partial charge in [0.1, 0.15) is 11.6 Å². The van der Waals surface area contributed by atoms with E-state index in [-0.39, 0.29) is 11.6 Å². The maximum absolute atomic E-state index is 12.6.